The first-order chi connectivity index (χ1) is 6.53. The Morgan fingerprint density at radius 1 is 1.43 bits per heavy atom. The summed E-state index contributed by atoms with van der Waals surface area (Å²) in [4.78, 5) is 10.0. The Bertz CT molecular complexity index is 451. The van der Waals surface area contributed by atoms with Gasteiger partial charge in [0.1, 0.15) is 10.7 Å². The molecule has 1 rings (SSSR count). The summed E-state index contributed by atoms with van der Waals surface area (Å²) in [7, 11) is -3.68. The molecule has 0 spiro atoms. The summed E-state index contributed by atoms with van der Waals surface area (Å²) in [5.41, 5.74) is -0.133. The van der Waals surface area contributed by atoms with E-state index in [-0.39, 0.29) is 11.3 Å². The van der Waals surface area contributed by atoms with E-state index in [2.05, 4.69) is 0 Å². The van der Waals surface area contributed by atoms with E-state index < -0.39 is 20.5 Å². The zero-order valence-corrected chi connectivity index (χ0v) is 8.34. The highest BCUT2D eigenvalue weighted by atomic mass is 32.2. The van der Waals surface area contributed by atoms with Gasteiger partial charge in [0.05, 0.1) is 5.75 Å². The lowest BCUT2D eigenvalue weighted by molar-refractivity contribution is 0.111. The minimum absolute atomic E-state index is 0.133. The summed E-state index contributed by atoms with van der Waals surface area (Å²) in [6, 6.07) is 3.60. The van der Waals surface area contributed by atoms with Gasteiger partial charge in [-0.1, -0.05) is 19.1 Å². The van der Waals surface area contributed by atoms with Crippen LogP contribution in [0.25, 0.3) is 0 Å². The van der Waals surface area contributed by atoms with Crippen molar-refractivity contribution in [1.82, 2.24) is 0 Å². The number of halogens is 1. The van der Waals surface area contributed by atoms with Gasteiger partial charge in [-0.25, -0.2) is 12.8 Å². The van der Waals surface area contributed by atoms with E-state index in [1.807, 2.05) is 0 Å². The minimum atomic E-state index is -3.68. The van der Waals surface area contributed by atoms with E-state index in [0.717, 1.165) is 6.07 Å². The van der Waals surface area contributed by atoms with E-state index in [9.17, 15) is 17.6 Å². The first-order valence-electron chi connectivity index (χ1n) is 3.99. The molecule has 0 aliphatic carbocycles. The molecular formula is C9H9FO3S. The Kier molecular flexibility index (Phi) is 3.00. The van der Waals surface area contributed by atoms with Gasteiger partial charge in [0.25, 0.3) is 0 Å². The van der Waals surface area contributed by atoms with Crippen LogP contribution in [0.5, 0.6) is 0 Å². The molecule has 76 valence electrons. The van der Waals surface area contributed by atoms with Gasteiger partial charge in [0.2, 0.25) is 0 Å². The quantitative estimate of drug-likeness (QED) is 0.718. The summed E-state index contributed by atoms with van der Waals surface area (Å²) in [6.45, 7) is 1.40. The molecule has 5 heteroatoms. The van der Waals surface area contributed by atoms with Crippen LogP contribution in [0.2, 0.25) is 0 Å². The lowest BCUT2D eigenvalue weighted by Gasteiger charge is -2.04. The maximum Gasteiger partial charge on any atom is 0.181 e. The molecule has 0 atom stereocenters. The lowest BCUT2D eigenvalue weighted by atomic mass is 10.2. The van der Waals surface area contributed by atoms with Gasteiger partial charge in [-0.15, -0.1) is 0 Å². The fourth-order valence-electron chi connectivity index (χ4n) is 1.09. The number of aldehydes is 1. The van der Waals surface area contributed by atoms with Gasteiger partial charge in [-0.2, -0.15) is 0 Å². The third-order valence-electron chi connectivity index (χ3n) is 1.82. The maximum atomic E-state index is 13.2. The van der Waals surface area contributed by atoms with Crippen LogP contribution in [0.4, 0.5) is 4.39 Å². The van der Waals surface area contributed by atoms with Crippen molar-refractivity contribution >= 4 is 16.1 Å². The monoisotopic (exact) mass is 216 g/mol. The molecule has 0 radical (unpaired) electrons. The molecule has 0 bridgehead atoms. The van der Waals surface area contributed by atoms with Gasteiger partial charge < -0.3 is 0 Å². The Labute approximate surface area is 81.5 Å². The zero-order chi connectivity index (χ0) is 10.8. The zero-order valence-electron chi connectivity index (χ0n) is 7.53. The molecule has 0 heterocycles. The largest absolute Gasteiger partial charge is 0.298 e. The van der Waals surface area contributed by atoms with Crippen LogP contribution in [0, 0.1) is 5.82 Å². The van der Waals surface area contributed by atoms with Crippen molar-refractivity contribution in [3.8, 4) is 0 Å². The average molecular weight is 216 g/mol. The first kappa shape index (κ1) is 10.8. The van der Waals surface area contributed by atoms with Crippen molar-refractivity contribution in [3.63, 3.8) is 0 Å². The van der Waals surface area contributed by atoms with Crippen LogP contribution in [0.3, 0.4) is 0 Å². The van der Waals surface area contributed by atoms with Crippen molar-refractivity contribution in [3.05, 3.63) is 29.6 Å². The van der Waals surface area contributed by atoms with Crippen molar-refractivity contribution in [2.45, 2.75) is 11.8 Å². The van der Waals surface area contributed by atoms with Crippen molar-refractivity contribution < 1.29 is 17.6 Å². The molecule has 0 N–H and O–H groups in total. The van der Waals surface area contributed by atoms with Crippen LogP contribution in [0.15, 0.2) is 23.1 Å². The minimum Gasteiger partial charge on any atom is -0.298 e. The Morgan fingerprint density at radius 3 is 2.57 bits per heavy atom. The predicted octanol–water partition coefficient (Wildman–Crippen LogP) is 1.43. The SMILES string of the molecule is CCS(=O)(=O)c1c(F)cccc1C=O. The number of hydrogen-bond acceptors (Lipinski definition) is 3. The number of rotatable bonds is 3. The van der Waals surface area contributed by atoms with Crippen molar-refractivity contribution in [1.29, 1.82) is 0 Å². The Balaban J connectivity index is 3.54. The third kappa shape index (κ3) is 1.82. The smallest absolute Gasteiger partial charge is 0.181 e. The van der Waals surface area contributed by atoms with Crippen molar-refractivity contribution in [2.24, 2.45) is 0 Å². The molecule has 0 unspecified atom stereocenters. The normalized spacial score (nSPS) is 11.3. The average Bonchev–Trinajstić information content (AvgIpc) is 2.17. The van der Waals surface area contributed by atoms with Crippen LogP contribution >= 0.6 is 0 Å². The second-order valence-electron chi connectivity index (χ2n) is 2.68. The molecule has 0 aliphatic heterocycles. The van der Waals surface area contributed by atoms with Gasteiger partial charge >= 0.3 is 0 Å². The Hall–Kier alpha value is -1.23. The number of carbonyl (C=O) groups is 1. The second-order valence-corrected chi connectivity index (χ2v) is 4.89. The van der Waals surface area contributed by atoms with E-state index in [0.29, 0.717) is 6.29 Å². The highest BCUT2D eigenvalue weighted by Crippen LogP contribution is 2.19. The molecule has 3 nitrogen and oxygen atoms in total. The molecular weight excluding hydrogens is 207 g/mol. The van der Waals surface area contributed by atoms with Crippen molar-refractivity contribution in [2.75, 3.05) is 5.75 Å². The van der Waals surface area contributed by atoms with E-state index in [1.54, 1.807) is 0 Å². The second kappa shape index (κ2) is 3.88. The van der Waals surface area contributed by atoms with Gasteiger partial charge in [0.15, 0.2) is 16.1 Å². The van der Waals surface area contributed by atoms with Crippen LogP contribution in [0.1, 0.15) is 17.3 Å². The fourth-order valence-corrected chi connectivity index (χ4v) is 2.22. The molecule has 0 saturated heterocycles. The molecule has 0 aromatic heterocycles. The number of hydrogen-bond donors (Lipinski definition) is 0. The summed E-state index contributed by atoms with van der Waals surface area (Å²) in [5.74, 6) is -1.11. The van der Waals surface area contributed by atoms with Gasteiger partial charge in [-0.05, 0) is 6.07 Å². The predicted molar refractivity (Wildman–Crippen MR) is 49.5 cm³/mol. The number of sulfone groups is 1. The molecule has 0 fully saturated rings. The van der Waals surface area contributed by atoms with E-state index in [1.165, 1.54) is 19.1 Å². The standard InChI is InChI=1S/C9H9FO3S/c1-2-14(12,13)9-7(6-11)4-3-5-8(9)10/h3-6H,2H2,1H3. The summed E-state index contributed by atoms with van der Waals surface area (Å²) >= 11 is 0. The highest BCUT2D eigenvalue weighted by Gasteiger charge is 2.20. The summed E-state index contributed by atoms with van der Waals surface area (Å²) in [6.07, 6.45) is 0.339. The fraction of sp³-hybridized carbons (Fsp3) is 0.222. The third-order valence-corrected chi connectivity index (χ3v) is 3.63. The van der Waals surface area contributed by atoms with Gasteiger partial charge in [0, 0.05) is 5.56 Å². The van der Waals surface area contributed by atoms with Crippen LogP contribution < -0.4 is 0 Å². The topological polar surface area (TPSA) is 51.2 Å². The molecule has 14 heavy (non-hydrogen) atoms. The van der Waals surface area contributed by atoms with Crippen LogP contribution in [-0.2, 0) is 9.84 Å². The summed E-state index contributed by atoms with van der Waals surface area (Å²) < 4.78 is 36.0. The number of carbonyl (C=O) groups excluding carboxylic acids is 1. The Morgan fingerprint density at radius 2 is 2.07 bits per heavy atom. The van der Waals surface area contributed by atoms with E-state index in [4.69, 9.17) is 0 Å². The molecule has 0 saturated carbocycles. The molecule has 0 amide bonds. The number of benzene rings is 1. The molecule has 1 aromatic rings. The highest BCUT2D eigenvalue weighted by molar-refractivity contribution is 7.91. The summed E-state index contributed by atoms with van der Waals surface area (Å²) in [5, 5.41) is 0. The van der Waals surface area contributed by atoms with Crippen LogP contribution in [-0.4, -0.2) is 20.5 Å². The lowest BCUT2D eigenvalue weighted by Crippen LogP contribution is -2.09. The molecule has 0 aliphatic rings. The van der Waals surface area contributed by atoms with Gasteiger partial charge in [-0.3, -0.25) is 4.79 Å². The molecule has 1 aromatic carbocycles. The van der Waals surface area contributed by atoms with E-state index >= 15 is 0 Å². The first-order valence-corrected chi connectivity index (χ1v) is 5.64. The maximum absolute atomic E-state index is 13.2.